The van der Waals surface area contributed by atoms with E-state index in [1.165, 1.54) is 24.1 Å². The van der Waals surface area contributed by atoms with Crippen molar-refractivity contribution in [2.45, 2.75) is 59.0 Å². The lowest BCUT2D eigenvalue weighted by atomic mass is 9.95. The van der Waals surface area contributed by atoms with Crippen LogP contribution < -0.4 is 4.90 Å². The summed E-state index contributed by atoms with van der Waals surface area (Å²) in [7, 11) is 0. The first-order valence-corrected chi connectivity index (χ1v) is 9.15. The fourth-order valence-corrected chi connectivity index (χ4v) is 3.75. The predicted octanol–water partition coefficient (Wildman–Crippen LogP) is 3.34. The van der Waals surface area contributed by atoms with E-state index in [1.807, 2.05) is 6.20 Å². The Kier molecular flexibility index (Phi) is 4.12. The highest BCUT2D eigenvalue weighted by Gasteiger charge is 2.26. The number of rotatable bonds is 3. The number of hydrogen-bond donors (Lipinski definition) is 0. The molecule has 0 saturated carbocycles. The molecule has 0 saturated heterocycles. The van der Waals surface area contributed by atoms with Crippen molar-refractivity contribution in [3.05, 3.63) is 46.2 Å². The summed E-state index contributed by atoms with van der Waals surface area (Å²) >= 11 is 0. The normalized spacial score (nSPS) is 15.8. The van der Waals surface area contributed by atoms with Crippen LogP contribution in [-0.4, -0.2) is 15.0 Å². The van der Waals surface area contributed by atoms with Gasteiger partial charge < -0.3 is 4.90 Å². The van der Waals surface area contributed by atoms with Crippen LogP contribution in [0.2, 0.25) is 0 Å². The van der Waals surface area contributed by atoms with Crippen LogP contribution in [0.4, 0.5) is 5.82 Å². The van der Waals surface area contributed by atoms with Crippen LogP contribution in [0.3, 0.4) is 0 Å². The smallest absolute Gasteiger partial charge is 0.147 e. The zero-order valence-electron chi connectivity index (χ0n) is 14.9. The van der Waals surface area contributed by atoms with E-state index in [0.717, 1.165) is 48.7 Å². The van der Waals surface area contributed by atoms with Crippen molar-refractivity contribution < 1.29 is 0 Å². The molecule has 25 heavy (non-hydrogen) atoms. The van der Waals surface area contributed by atoms with Crippen LogP contribution >= 0.6 is 0 Å². The van der Waals surface area contributed by atoms with Gasteiger partial charge in [0.15, 0.2) is 0 Å². The van der Waals surface area contributed by atoms with Crippen molar-refractivity contribution in [1.82, 2.24) is 15.0 Å². The summed E-state index contributed by atoms with van der Waals surface area (Å²) in [5.74, 6) is 2.27. The van der Waals surface area contributed by atoms with Crippen LogP contribution in [-0.2, 0) is 32.4 Å². The summed E-state index contributed by atoms with van der Waals surface area (Å²) < 4.78 is 0. The summed E-state index contributed by atoms with van der Waals surface area (Å²) in [5.41, 5.74) is 5.33. The van der Waals surface area contributed by atoms with Gasteiger partial charge in [0.25, 0.3) is 0 Å². The first-order chi connectivity index (χ1) is 12.1. The highest BCUT2D eigenvalue weighted by atomic mass is 15.2. The summed E-state index contributed by atoms with van der Waals surface area (Å²) in [6.45, 7) is 5.80. The van der Waals surface area contributed by atoms with E-state index in [1.54, 1.807) is 0 Å². The maximum Gasteiger partial charge on any atom is 0.147 e. The van der Waals surface area contributed by atoms with Crippen molar-refractivity contribution >= 4 is 5.82 Å². The van der Waals surface area contributed by atoms with Gasteiger partial charge in [0.05, 0.1) is 17.8 Å². The highest BCUT2D eigenvalue weighted by molar-refractivity contribution is 5.58. The Bertz CT molecular complexity index is 850. The molecule has 2 aliphatic rings. The Morgan fingerprint density at radius 3 is 2.76 bits per heavy atom. The minimum Gasteiger partial charge on any atom is -0.345 e. The minimum atomic E-state index is 0.545. The maximum absolute atomic E-state index is 9.60. The van der Waals surface area contributed by atoms with Gasteiger partial charge in [-0.15, -0.1) is 0 Å². The van der Waals surface area contributed by atoms with Gasteiger partial charge in [-0.25, -0.2) is 15.0 Å². The number of pyridine rings is 1. The van der Waals surface area contributed by atoms with E-state index in [9.17, 15) is 5.26 Å². The molecule has 0 aromatic carbocycles. The number of nitriles is 1. The minimum absolute atomic E-state index is 0.545. The predicted molar refractivity (Wildman–Crippen MR) is 96.1 cm³/mol. The van der Waals surface area contributed by atoms with Crippen LogP contribution in [0.15, 0.2) is 12.3 Å². The second kappa shape index (κ2) is 6.44. The van der Waals surface area contributed by atoms with Gasteiger partial charge in [0.2, 0.25) is 0 Å². The molecule has 5 heteroatoms. The first kappa shape index (κ1) is 16.0. The molecule has 1 aliphatic carbocycles. The average Bonchev–Trinajstić information content (AvgIpc) is 3.03. The largest absolute Gasteiger partial charge is 0.345 e. The standard InChI is InChI=1S/C20H23N5/c1-13(2)7-19-22-10-16-11-25(12-18(16)23-19)20-15(9-21)8-14-5-3-4-6-17(14)24-20/h8,10,13H,3-7,11-12H2,1-2H3. The van der Waals surface area contributed by atoms with Gasteiger partial charge in [-0.3, -0.25) is 0 Å². The first-order valence-electron chi connectivity index (χ1n) is 9.15. The Balaban J connectivity index is 1.64. The Labute approximate surface area is 148 Å². The Morgan fingerprint density at radius 1 is 1.12 bits per heavy atom. The summed E-state index contributed by atoms with van der Waals surface area (Å²) in [4.78, 5) is 16.3. The van der Waals surface area contributed by atoms with Crippen LogP contribution in [0.25, 0.3) is 0 Å². The van der Waals surface area contributed by atoms with Gasteiger partial charge in [0.1, 0.15) is 17.7 Å². The van der Waals surface area contributed by atoms with Crippen molar-refractivity contribution in [3.63, 3.8) is 0 Å². The van der Waals surface area contributed by atoms with Gasteiger partial charge in [-0.2, -0.15) is 5.26 Å². The molecule has 1 aliphatic heterocycles. The average molecular weight is 333 g/mol. The molecule has 0 N–H and O–H groups in total. The molecule has 0 unspecified atom stereocenters. The lowest BCUT2D eigenvalue weighted by Crippen LogP contribution is -2.20. The third-order valence-corrected chi connectivity index (χ3v) is 5.00. The summed E-state index contributed by atoms with van der Waals surface area (Å²) in [5, 5.41) is 9.60. The number of aromatic nitrogens is 3. The number of aryl methyl sites for hydroxylation is 2. The number of anilines is 1. The fraction of sp³-hybridized carbons (Fsp3) is 0.500. The highest BCUT2D eigenvalue weighted by Crippen LogP contribution is 2.31. The van der Waals surface area contributed by atoms with Gasteiger partial charge in [0, 0.05) is 30.4 Å². The van der Waals surface area contributed by atoms with E-state index >= 15 is 0 Å². The molecule has 0 atom stereocenters. The van der Waals surface area contributed by atoms with E-state index in [-0.39, 0.29) is 0 Å². The third kappa shape index (κ3) is 3.09. The molecule has 3 heterocycles. The molecule has 0 spiro atoms. The molecule has 0 fully saturated rings. The van der Waals surface area contributed by atoms with Crippen molar-refractivity contribution in [2.75, 3.05) is 4.90 Å². The van der Waals surface area contributed by atoms with E-state index in [4.69, 9.17) is 9.97 Å². The van der Waals surface area contributed by atoms with E-state index < -0.39 is 0 Å². The van der Waals surface area contributed by atoms with Crippen LogP contribution in [0.1, 0.15) is 60.6 Å². The van der Waals surface area contributed by atoms with Gasteiger partial charge in [-0.1, -0.05) is 13.8 Å². The second-order valence-corrected chi connectivity index (χ2v) is 7.50. The van der Waals surface area contributed by atoms with E-state index in [2.05, 4.69) is 35.9 Å². The number of nitrogens with zero attached hydrogens (tertiary/aromatic N) is 5. The Hall–Kier alpha value is -2.48. The quantitative estimate of drug-likeness (QED) is 0.862. The zero-order valence-corrected chi connectivity index (χ0v) is 14.9. The molecule has 0 amide bonds. The zero-order chi connectivity index (χ0) is 17.4. The lowest BCUT2D eigenvalue weighted by Gasteiger charge is -2.22. The molecule has 128 valence electrons. The van der Waals surface area contributed by atoms with Gasteiger partial charge in [-0.05, 0) is 43.2 Å². The SMILES string of the molecule is CC(C)Cc1ncc2c(n1)CN(c1nc3c(cc1C#N)CCCC3)C2. The monoisotopic (exact) mass is 333 g/mol. The van der Waals surface area contributed by atoms with Crippen LogP contribution in [0, 0.1) is 17.2 Å². The van der Waals surface area contributed by atoms with Crippen molar-refractivity contribution in [3.8, 4) is 6.07 Å². The van der Waals surface area contributed by atoms with Crippen molar-refractivity contribution in [2.24, 2.45) is 5.92 Å². The fourth-order valence-electron chi connectivity index (χ4n) is 3.75. The summed E-state index contributed by atoms with van der Waals surface area (Å²) in [6.07, 6.45) is 7.30. The van der Waals surface area contributed by atoms with Crippen LogP contribution in [0.5, 0.6) is 0 Å². The number of fused-ring (bicyclic) bond motifs is 2. The molecule has 0 bridgehead atoms. The molecule has 5 nitrogen and oxygen atoms in total. The molecule has 0 radical (unpaired) electrons. The molecule has 2 aromatic heterocycles. The maximum atomic E-state index is 9.60. The third-order valence-electron chi connectivity index (χ3n) is 5.00. The molecular formula is C20H23N5. The molecule has 4 rings (SSSR count). The van der Waals surface area contributed by atoms with Crippen molar-refractivity contribution in [1.29, 1.82) is 5.26 Å². The van der Waals surface area contributed by atoms with Gasteiger partial charge >= 0.3 is 0 Å². The molecular weight excluding hydrogens is 310 g/mol. The Morgan fingerprint density at radius 2 is 1.96 bits per heavy atom. The van der Waals surface area contributed by atoms with E-state index in [0.29, 0.717) is 18.0 Å². The lowest BCUT2D eigenvalue weighted by molar-refractivity contribution is 0.617. The number of hydrogen-bond acceptors (Lipinski definition) is 5. The summed E-state index contributed by atoms with van der Waals surface area (Å²) in [6, 6.07) is 4.40. The topological polar surface area (TPSA) is 65.7 Å². The second-order valence-electron chi connectivity index (χ2n) is 7.50. The molecule has 2 aromatic rings.